The van der Waals surface area contributed by atoms with Gasteiger partial charge in [-0.05, 0) is 70.1 Å². The van der Waals surface area contributed by atoms with Gasteiger partial charge < -0.3 is 23.7 Å². The maximum atomic E-state index is 15.4. The van der Waals surface area contributed by atoms with Gasteiger partial charge in [0.25, 0.3) is 0 Å². The van der Waals surface area contributed by atoms with E-state index in [0.717, 1.165) is 90.1 Å². The van der Waals surface area contributed by atoms with E-state index in [1.165, 1.54) is 19.6 Å². The molecule has 3 rings (SSSR count). The largest absolute Gasteiger partial charge is 0.466 e. The molecule has 1 aliphatic carbocycles. The third-order valence-electron chi connectivity index (χ3n) is 8.03. The lowest BCUT2D eigenvalue weighted by molar-refractivity contribution is -0.193. The van der Waals surface area contributed by atoms with E-state index in [1.54, 1.807) is 0 Å². The van der Waals surface area contributed by atoms with Gasteiger partial charge in [-0.3, -0.25) is 0 Å². The summed E-state index contributed by atoms with van der Waals surface area (Å²) in [6.07, 6.45) is 20.6. The number of halogens is 1. The first-order chi connectivity index (χ1) is 18.6. The molecular weight excluding hydrogens is 487 g/mol. The maximum Gasteiger partial charge on any atom is 0.330 e. The van der Waals surface area contributed by atoms with Crippen LogP contribution in [0.5, 0.6) is 0 Å². The molecule has 6 nitrogen and oxygen atoms in total. The fraction of sp³-hybridized carbons (Fsp3) is 0.839. The van der Waals surface area contributed by atoms with Crippen molar-refractivity contribution in [3.63, 3.8) is 0 Å². The van der Waals surface area contributed by atoms with Gasteiger partial charge in [-0.25, -0.2) is 9.18 Å². The number of allylic oxidation sites excluding steroid dienone is 1. The molecule has 218 valence electrons. The Morgan fingerprint density at radius 1 is 1.03 bits per heavy atom. The lowest BCUT2D eigenvalue weighted by atomic mass is 9.88. The fourth-order valence-electron chi connectivity index (χ4n) is 5.83. The van der Waals surface area contributed by atoms with Crippen molar-refractivity contribution >= 4 is 5.97 Å². The van der Waals surface area contributed by atoms with E-state index in [4.69, 9.17) is 18.9 Å². The number of rotatable bonds is 16. The summed E-state index contributed by atoms with van der Waals surface area (Å²) < 4.78 is 44.6. The first kappa shape index (κ1) is 31.3. The van der Waals surface area contributed by atoms with Crippen molar-refractivity contribution in [2.75, 3.05) is 20.3 Å². The van der Waals surface area contributed by atoms with Crippen LogP contribution in [0.4, 0.5) is 4.39 Å². The van der Waals surface area contributed by atoms with E-state index in [-0.39, 0.29) is 42.6 Å². The summed E-state index contributed by atoms with van der Waals surface area (Å²) in [6.45, 7) is 3.69. The van der Waals surface area contributed by atoms with E-state index >= 15 is 4.39 Å². The minimum atomic E-state index is -0.898. The molecule has 0 radical (unpaired) electrons. The Hall–Kier alpha value is -1.28. The predicted octanol–water partition coefficient (Wildman–Crippen LogP) is 7.21. The minimum Gasteiger partial charge on any atom is -0.466 e. The highest BCUT2D eigenvalue weighted by atomic mass is 19.1. The summed E-state index contributed by atoms with van der Waals surface area (Å²) in [4.78, 5) is 11.3. The smallest absolute Gasteiger partial charge is 0.330 e. The van der Waals surface area contributed by atoms with Crippen LogP contribution in [0.1, 0.15) is 103 Å². The number of alkyl halides is 1. The molecule has 0 N–H and O–H groups in total. The molecule has 38 heavy (non-hydrogen) atoms. The van der Waals surface area contributed by atoms with Gasteiger partial charge in [0.05, 0.1) is 19.3 Å². The van der Waals surface area contributed by atoms with Crippen LogP contribution in [-0.2, 0) is 28.5 Å². The number of esters is 1. The Bertz CT molecular complexity index is 700. The summed E-state index contributed by atoms with van der Waals surface area (Å²) >= 11 is 0. The number of unbranched alkanes of at least 4 members (excludes halogenated alkanes) is 4. The van der Waals surface area contributed by atoms with E-state index in [2.05, 4.69) is 23.8 Å². The van der Waals surface area contributed by atoms with E-state index in [9.17, 15) is 4.79 Å². The van der Waals surface area contributed by atoms with Gasteiger partial charge in [0.2, 0.25) is 0 Å². The molecule has 2 unspecified atom stereocenters. The van der Waals surface area contributed by atoms with Gasteiger partial charge in [0.15, 0.2) is 12.6 Å². The molecule has 1 saturated carbocycles. The second-order valence-corrected chi connectivity index (χ2v) is 11.0. The molecule has 7 heteroatoms. The first-order valence-electron chi connectivity index (χ1n) is 15.2. The molecule has 3 fully saturated rings. The summed E-state index contributed by atoms with van der Waals surface area (Å²) in [6, 6.07) is 0. The van der Waals surface area contributed by atoms with Gasteiger partial charge in [0, 0.05) is 31.6 Å². The van der Waals surface area contributed by atoms with E-state index < -0.39 is 6.17 Å². The molecular formula is C31H51FO6. The standard InChI is InChI=1S/C31H51FO6/c1-3-4-7-14-24(37-30-17-10-12-21-35-30)19-20-26-25(15-8-5-6-9-16-29(33)34-2)27(32)23-28(26)38-31-18-11-13-22-36-31/h9,16,19-20,24-28,30-31H,3-8,10-15,17-18,21-23H2,1-2H3/b16-9+,20-19+/t24-,25+,26+,27+,28+,30?,31?/m0/s1. The fourth-order valence-corrected chi connectivity index (χ4v) is 5.83. The average molecular weight is 539 g/mol. The first-order valence-corrected chi connectivity index (χ1v) is 15.2. The molecule has 2 heterocycles. The molecule has 7 atom stereocenters. The summed E-state index contributed by atoms with van der Waals surface area (Å²) in [5.74, 6) is -0.439. The Morgan fingerprint density at radius 2 is 1.79 bits per heavy atom. The van der Waals surface area contributed by atoms with Crippen LogP contribution in [0, 0.1) is 11.8 Å². The third-order valence-corrected chi connectivity index (χ3v) is 8.03. The summed E-state index contributed by atoms with van der Waals surface area (Å²) in [7, 11) is 1.38. The Balaban J connectivity index is 1.64. The number of carbonyl (C=O) groups is 1. The summed E-state index contributed by atoms with van der Waals surface area (Å²) in [5, 5.41) is 0. The third kappa shape index (κ3) is 11.1. The van der Waals surface area contributed by atoms with Crippen molar-refractivity contribution in [1.82, 2.24) is 0 Å². The second-order valence-electron chi connectivity index (χ2n) is 11.0. The predicted molar refractivity (Wildman–Crippen MR) is 146 cm³/mol. The molecule has 0 amide bonds. The number of hydrogen-bond donors (Lipinski definition) is 0. The number of methoxy groups -OCH3 is 1. The topological polar surface area (TPSA) is 63.2 Å². The Labute approximate surface area is 229 Å². The monoisotopic (exact) mass is 538 g/mol. The molecule has 0 bridgehead atoms. The van der Waals surface area contributed by atoms with Crippen LogP contribution >= 0.6 is 0 Å². The highest BCUT2D eigenvalue weighted by Gasteiger charge is 2.43. The molecule has 2 aliphatic heterocycles. The zero-order valence-electron chi connectivity index (χ0n) is 23.7. The minimum absolute atomic E-state index is 0.00862. The van der Waals surface area contributed by atoms with Gasteiger partial charge in [-0.1, -0.05) is 50.8 Å². The van der Waals surface area contributed by atoms with Crippen LogP contribution in [0.3, 0.4) is 0 Å². The van der Waals surface area contributed by atoms with Crippen molar-refractivity contribution in [3.8, 4) is 0 Å². The zero-order valence-corrected chi connectivity index (χ0v) is 23.7. The molecule has 3 aliphatic rings. The van der Waals surface area contributed by atoms with Crippen molar-refractivity contribution in [3.05, 3.63) is 24.3 Å². The Kier molecular flexibility index (Phi) is 14.9. The van der Waals surface area contributed by atoms with E-state index in [1.807, 2.05) is 6.08 Å². The van der Waals surface area contributed by atoms with Crippen molar-refractivity contribution in [1.29, 1.82) is 0 Å². The van der Waals surface area contributed by atoms with Gasteiger partial charge >= 0.3 is 5.97 Å². The van der Waals surface area contributed by atoms with Crippen LogP contribution in [-0.4, -0.2) is 57.3 Å². The van der Waals surface area contributed by atoms with Gasteiger partial charge in [-0.15, -0.1) is 0 Å². The average Bonchev–Trinajstić information content (AvgIpc) is 3.23. The molecule has 0 aromatic carbocycles. The lowest BCUT2D eigenvalue weighted by Gasteiger charge is -2.30. The van der Waals surface area contributed by atoms with Crippen molar-refractivity contribution < 1.29 is 32.9 Å². The van der Waals surface area contributed by atoms with E-state index in [0.29, 0.717) is 13.0 Å². The maximum absolute atomic E-state index is 15.4. The lowest BCUT2D eigenvalue weighted by Crippen LogP contribution is -2.31. The highest BCUT2D eigenvalue weighted by Crippen LogP contribution is 2.42. The van der Waals surface area contributed by atoms with Crippen LogP contribution in [0.2, 0.25) is 0 Å². The van der Waals surface area contributed by atoms with Crippen molar-refractivity contribution in [2.24, 2.45) is 11.8 Å². The molecule has 0 aromatic rings. The van der Waals surface area contributed by atoms with Crippen molar-refractivity contribution in [2.45, 2.75) is 134 Å². The van der Waals surface area contributed by atoms with Crippen LogP contribution in [0.25, 0.3) is 0 Å². The highest BCUT2D eigenvalue weighted by molar-refractivity contribution is 5.81. The van der Waals surface area contributed by atoms with Crippen LogP contribution < -0.4 is 0 Å². The second kappa shape index (κ2) is 18.1. The van der Waals surface area contributed by atoms with Crippen LogP contribution in [0.15, 0.2) is 24.3 Å². The SMILES string of the molecule is CCCCC[C@@H](/C=C/[C@@H]1[C@@H](CCCC/C=C/C(=O)OC)[C@H](F)C[C@H]1OC1CCCCO1)OC1CCCCO1. The molecule has 2 saturated heterocycles. The van der Waals surface area contributed by atoms with Gasteiger partial charge in [-0.2, -0.15) is 0 Å². The summed E-state index contributed by atoms with van der Waals surface area (Å²) in [5.41, 5.74) is 0. The molecule has 0 aromatic heterocycles. The zero-order chi connectivity index (χ0) is 27.0. The normalized spacial score (nSPS) is 31.2. The van der Waals surface area contributed by atoms with Gasteiger partial charge in [0.1, 0.15) is 6.17 Å². The quantitative estimate of drug-likeness (QED) is 0.0895. The number of carbonyl (C=O) groups excluding carboxylic acids is 1. The number of hydrogen-bond acceptors (Lipinski definition) is 6. The Morgan fingerprint density at radius 3 is 2.47 bits per heavy atom. The molecule has 0 spiro atoms. The number of ether oxygens (including phenoxy) is 5.